The molecular formula is C28H52O7SSi. The van der Waals surface area contributed by atoms with Gasteiger partial charge in [0.25, 0.3) is 10.1 Å². The van der Waals surface area contributed by atoms with Crippen LogP contribution in [0.5, 0.6) is 0 Å². The number of hydrogen-bond donors (Lipinski definition) is 1. The predicted octanol–water partition coefficient (Wildman–Crippen LogP) is 5.48. The zero-order chi connectivity index (χ0) is 27.5. The van der Waals surface area contributed by atoms with Crippen LogP contribution in [-0.4, -0.2) is 65.9 Å². The van der Waals surface area contributed by atoms with E-state index in [1.807, 2.05) is 0 Å². The molecule has 4 aliphatic rings. The summed E-state index contributed by atoms with van der Waals surface area (Å²) >= 11 is 0. The number of hydrogen-bond acceptors (Lipinski definition) is 7. The molecule has 1 N–H and O–H groups in total. The minimum absolute atomic E-state index is 0.109. The molecule has 1 heterocycles. The molecule has 9 heteroatoms. The zero-order valence-electron chi connectivity index (χ0n) is 24.5. The van der Waals surface area contributed by atoms with Crippen LogP contribution >= 0.6 is 0 Å². The molecule has 0 aromatic carbocycles. The molecule has 1 unspecified atom stereocenters. The lowest BCUT2D eigenvalue weighted by molar-refractivity contribution is -0.250. The Morgan fingerprint density at radius 1 is 1.00 bits per heavy atom. The lowest BCUT2D eigenvalue weighted by atomic mass is 9.51. The van der Waals surface area contributed by atoms with Crippen molar-refractivity contribution in [2.45, 2.75) is 122 Å². The molecule has 3 saturated carbocycles. The van der Waals surface area contributed by atoms with Crippen LogP contribution < -0.4 is 0 Å². The second kappa shape index (κ2) is 10.1. The van der Waals surface area contributed by atoms with E-state index in [0.717, 1.165) is 51.2 Å². The third-order valence-corrected chi connectivity index (χ3v) is 16.5. The summed E-state index contributed by atoms with van der Waals surface area (Å²) in [7, 11) is -5.43. The average molecular weight is 561 g/mol. The van der Waals surface area contributed by atoms with E-state index in [-0.39, 0.29) is 46.3 Å². The third-order valence-electron chi connectivity index (χ3n) is 11.4. The lowest BCUT2D eigenvalue weighted by Crippen LogP contribution is -2.57. The molecule has 37 heavy (non-hydrogen) atoms. The van der Waals surface area contributed by atoms with Gasteiger partial charge in [-0.2, -0.15) is 8.42 Å². The number of ether oxygens (including phenoxy) is 2. The Morgan fingerprint density at radius 3 is 2.22 bits per heavy atom. The monoisotopic (exact) mass is 560 g/mol. The predicted molar refractivity (Wildman–Crippen MR) is 147 cm³/mol. The SMILES string of the molecule is CC(C)(C)[Si](C)(C)OC1CC[C@](C)([C@H]2CC[C@@]3(C)[C@@H](CCC34OCCO4)[C@@H]2O)[C@@H](CCOS(C)(=O)=O)C1. The third kappa shape index (κ3) is 5.49. The summed E-state index contributed by atoms with van der Waals surface area (Å²) in [4.78, 5) is 0. The summed E-state index contributed by atoms with van der Waals surface area (Å²) < 4.78 is 47.9. The van der Waals surface area contributed by atoms with Gasteiger partial charge in [0.1, 0.15) is 0 Å². The molecule has 0 aromatic rings. The van der Waals surface area contributed by atoms with Gasteiger partial charge in [-0.25, -0.2) is 0 Å². The van der Waals surface area contributed by atoms with E-state index in [1.54, 1.807) is 0 Å². The topological polar surface area (TPSA) is 91.3 Å². The molecule has 4 fully saturated rings. The number of rotatable bonds is 7. The molecule has 1 saturated heterocycles. The maximum Gasteiger partial charge on any atom is 0.264 e. The van der Waals surface area contributed by atoms with Crippen molar-refractivity contribution in [3.8, 4) is 0 Å². The van der Waals surface area contributed by atoms with E-state index < -0.39 is 30.3 Å². The standard InChI is InChI=1S/C28H52O7SSi/c1-25(2,3)37(7,8)35-21-9-13-26(4,20(19-21)12-16-34-36(6,30)31)22-10-14-27(5)23(24(22)29)11-15-28(27)32-17-18-33-28/h20-24,29H,9-19H2,1-8H3/t20-,21?,22-,23-,24+,26-,27-/m0/s1. The van der Waals surface area contributed by atoms with Crippen molar-refractivity contribution in [2.75, 3.05) is 26.1 Å². The van der Waals surface area contributed by atoms with Gasteiger partial charge < -0.3 is 19.0 Å². The van der Waals surface area contributed by atoms with E-state index in [9.17, 15) is 13.5 Å². The summed E-state index contributed by atoms with van der Waals surface area (Å²) in [6, 6.07) is 0. The van der Waals surface area contributed by atoms with E-state index in [0.29, 0.717) is 19.6 Å². The van der Waals surface area contributed by atoms with Crippen LogP contribution in [0.15, 0.2) is 0 Å². The van der Waals surface area contributed by atoms with Crippen molar-refractivity contribution in [3.05, 3.63) is 0 Å². The van der Waals surface area contributed by atoms with Crippen LogP contribution in [0.4, 0.5) is 0 Å². The van der Waals surface area contributed by atoms with Gasteiger partial charge in [0.15, 0.2) is 14.1 Å². The quantitative estimate of drug-likeness (QED) is 0.326. The van der Waals surface area contributed by atoms with E-state index in [4.69, 9.17) is 18.1 Å². The van der Waals surface area contributed by atoms with Gasteiger partial charge in [-0.05, 0) is 86.2 Å². The normalized spacial score (nSPS) is 40.7. The Morgan fingerprint density at radius 2 is 1.62 bits per heavy atom. The highest BCUT2D eigenvalue weighted by Crippen LogP contribution is 2.65. The van der Waals surface area contributed by atoms with Gasteiger partial charge in [-0.3, -0.25) is 4.18 Å². The Kier molecular flexibility index (Phi) is 8.18. The largest absolute Gasteiger partial charge is 0.414 e. The van der Waals surface area contributed by atoms with Crippen LogP contribution in [0.1, 0.15) is 86.0 Å². The highest BCUT2D eigenvalue weighted by atomic mass is 32.2. The van der Waals surface area contributed by atoms with Gasteiger partial charge in [0, 0.05) is 17.9 Å². The van der Waals surface area contributed by atoms with Crippen LogP contribution in [-0.2, 0) is 28.2 Å². The fraction of sp³-hybridized carbons (Fsp3) is 1.00. The van der Waals surface area contributed by atoms with Crippen molar-refractivity contribution in [3.63, 3.8) is 0 Å². The molecule has 0 radical (unpaired) electrons. The van der Waals surface area contributed by atoms with Crippen molar-refractivity contribution in [2.24, 2.45) is 28.6 Å². The Hall–Kier alpha value is -0.0331. The second-order valence-electron chi connectivity index (χ2n) is 14.4. The Balaban J connectivity index is 1.54. The molecule has 1 spiro atoms. The zero-order valence-corrected chi connectivity index (χ0v) is 26.3. The summed E-state index contributed by atoms with van der Waals surface area (Å²) in [5, 5.41) is 12.1. The fourth-order valence-electron chi connectivity index (χ4n) is 8.07. The van der Waals surface area contributed by atoms with Gasteiger partial charge in [0.05, 0.1) is 32.2 Å². The van der Waals surface area contributed by atoms with E-state index in [2.05, 4.69) is 47.7 Å². The summed E-state index contributed by atoms with van der Waals surface area (Å²) in [6.07, 6.45) is 8.02. The lowest BCUT2D eigenvalue weighted by Gasteiger charge is -2.57. The summed E-state index contributed by atoms with van der Waals surface area (Å²) in [5.74, 6) is -0.0207. The Bertz CT molecular complexity index is 925. The first-order valence-corrected chi connectivity index (χ1v) is 19.1. The van der Waals surface area contributed by atoms with Crippen molar-refractivity contribution in [1.82, 2.24) is 0 Å². The average Bonchev–Trinajstić information content (AvgIpc) is 3.35. The highest BCUT2D eigenvalue weighted by Gasteiger charge is 2.66. The van der Waals surface area contributed by atoms with Crippen LogP contribution in [0, 0.1) is 28.6 Å². The summed E-state index contributed by atoms with van der Waals surface area (Å²) in [6.45, 7) is 17.5. The van der Waals surface area contributed by atoms with Gasteiger partial charge in [-0.15, -0.1) is 0 Å². The molecule has 0 amide bonds. The number of aliphatic hydroxyl groups excluding tert-OH is 1. The van der Waals surface area contributed by atoms with Crippen molar-refractivity contribution < 1.29 is 31.6 Å². The van der Waals surface area contributed by atoms with Crippen molar-refractivity contribution in [1.29, 1.82) is 0 Å². The molecule has 7 nitrogen and oxygen atoms in total. The maximum atomic E-state index is 11.9. The molecule has 1 aliphatic heterocycles. The fourth-order valence-corrected chi connectivity index (χ4v) is 9.87. The van der Waals surface area contributed by atoms with Gasteiger partial charge in [-0.1, -0.05) is 34.6 Å². The molecule has 7 atom stereocenters. The number of fused-ring (bicyclic) bond motifs is 2. The first kappa shape index (κ1) is 29.9. The first-order chi connectivity index (χ1) is 16.9. The van der Waals surface area contributed by atoms with Crippen LogP contribution in [0.2, 0.25) is 18.1 Å². The van der Waals surface area contributed by atoms with Crippen LogP contribution in [0.3, 0.4) is 0 Å². The molecule has 216 valence electrons. The minimum atomic E-state index is -3.49. The molecular weight excluding hydrogens is 508 g/mol. The molecule has 3 aliphatic carbocycles. The van der Waals surface area contributed by atoms with Gasteiger partial charge in [0.2, 0.25) is 0 Å². The highest BCUT2D eigenvalue weighted by molar-refractivity contribution is 7.85. The molecule has 0 bridgehead atoms. The number of aliphatic hydroxyl groups is 1. The Labute approximate surface area is 226 Å². The second-order valence-corrected chi connectivity index (χ2v) is 20.8. The van der Waals surface area contributed by atoms with E-state index in [1.165, 1.54) is 0 Å². The smallest absolute Gasteiger partial charge is 0.264 e. The van der Waals surface area contributed by atoms with E-state index >= 15 is 0 Å². The first-order valence-electron chi connectivity index (χ1n) is 14.4. The molecule has 0 aromatic heterocycles. The van der Waals surface area contributed by atoms with Crippen molar-refractivity contribution >= 4 is 18.4 Å². The minimum Gasteiger partial charge on any atom is -0.414 e. The molecule has 4 rings (SSSR count). The maximum absolute atomic E-state index is 11.9. The van der Waals surface area contributed by atoms with Crippen LogP contribution in [0.25, 0.3) is 0 Å². The van der Waals surface area contributed by atoms with Gasteiger partial charge >= 0.3 is 0 Å². The summed E-state index contributed by atoms with van der Waals surface area (Å²) in [5.41, 5.74) is -0.282.